The van der Waals surface area contributed by atoms with Crippen molar-refractivity contribution >= 4 is 11.6 Å². The highest BCUT2D eigenvalue weighted by Crippen LogP contribution is 2.17. The normalized spacial score (nSPS) is 18.4. The lowest BCUT2D eigenvalue weighted by Crippen LogP contribution is -2.42. The van der Waals surface area contributed by atoms with Crippen molar-refractivity contribution in [3.8, 4) is 0 Å². The monoisotopic (exact) mass is 282 g/mol. The maximum Gasteiger partial charge on any atom is 0.241 e. The Balaban J connectivity index is 1.99. The Labute approximate surface area is 118 Å². The molecule has 0 aromatic heterocycles. The van der Waals surface area contributed by atoms with E-state index in [1.54, 1.807) is 0 Å². The maximum absolute atomic E-state index is 13.5. The third kappa shape index (κ3) is 3.76. The molecule has 1 atom stereocenters. The average Bonchev–Trinajstić information content (AvgIpc) is 2.70. The van der Waals surface area contributed by atoms with Crippen molar-refractivity contribution in [1.82, 2.24) is 4.90 Å². The minimum absolute atomic E-state index is 0.0260. The van der Waals surface area contributed by atoms with Gasteiger partial charge in [0.05, 0.1) is 11.7 Å². The number of benzene rings is 1. The summed E-state index contributed by atoms with van der Waals surface area (Å²) in [6.07, 6.45) is 4.56. The van der Waals surface area contributed by atoms with E-state index >= 15 is 0 Å². The van der Waals surface area contributed by atoms with Crippen molar-refractivity contribution in [2.75, 3.05) is 18.4 Å². The van der Waals surface area contributed by atoms with Crippen molar-refractivity contribution in [3.63, 3.8) is 0 Å². The number of amides is 1. The van der Waals surface area contributed by atoms with E-state index in [2.05, 4.69) is 10.2 Å². The zero-order valence-corrected chi connectivity index (χ0v) is 11.7. The Morgan fingerprint density at radius 2 is 1.85 bits per heavy atom. The van der Waals surface area contributed by atoms with E-state index in [0.717, 1.165) is 38.1 Å². The fourth-order valence-corrected chi connectivity index (χ4v) is 2.48. The molecule has 1 aliphatic rings. The Bertz CT molecular complexity index is 471. The van der Waals surface area contributed by atoms with E-state index < -0.39 is 11.6 Å². The van der Waals surface area contributed by atoms with Gasteiger partial charge in [0.15, 0.2) is 0 Å². The Kier molecular flexibility index (Phi) is 5.06. The lowest BCUT2D eigenvalue weighted by Gasteiger charge is -2.26. The third-order valence-corrected chi connectivity index (χ3v) is 3.76. The van der Waals surface area contributed by atoms with Crippen LogP contribution in [-0.4, -0.2) is 29.9 Å². The number of hydrogen-bond acceptors (Lipinski definition) is 2. The first kappa shape index (κ1) is 14.9. The molecule has 1 amide bonds. The molecule has 1 aliphatic heterocycles. The van der Waals surface area contributed by atoms with Crippen LogP contribution in [-0.2, 0) is 4.79 Å². The van der Waals surface area contributed by atoms with Gasteiger partial charge in [0.1, 0.15) is 11.6 Å². The number of carbonyl (C=O) groups is 1. The molecule has 1 aromatic carbocycles. The van der Waals surface area contributed by atoms with Gasteiger partial charge in [-0.05, 0) is 45.0 Å². The number of halogens is 2. The molecular weight excluding hydrogens is 262 g/mol. The van der Waals surface area contributed by atoms with E-state index in [0.29, 0.717) is 0 Å². The van der Waals surface area contributed by atoms with Crippen LogP contribution in [0.25, 0.3) is 0 Å². The number of carbonyl (C=O) groups excluding carboxylic acids is 1. The summed E-state index contributed by atoms with van der Waals surface area (Å²) in [4.78, 5) is 14.3. The van der Waals surface area contributed by atoms with Crippen LogP contribution in [0.4, 0.5) is 14.5 Å². The number of nitrogens with zero attached hydrogens (tertiary/aromatic N) is 1. The summed E-state index contributed by atoms with van der Waals surface area (Å²) in [5.74, 6) is -1.65. The van der Waals surface area contributed by atoms with Crippen molar-refractivity contribution in [3.05, 3.63) is 29.8 Å². The maximum atomic E-state index is 13.5. The molecular formula is C15H20F2N2O. The minimum atomic E-state index is -0.749. The van der Waals surface area contributed by atoms with Gasteiger partial charge in [-0.3, -0.25) is 9.69 Å². The van der Waals surface area contributed by atoms with Crippen LogP contribution in [0.15, 0.2) is 18.2 Å². The fraction of sp³-hybridized carbons (Fsp3) is 0.533. The molecule has 5 heteroatoms. The lowest BCUT2D eigenvalue weighted by atomic mass is 10.2. The first-order chi connectivity index (χ1) is 9.58. The quantitative estimate of drug-likeness (QED) is 0.923. The molecule has 0 saturated carbocycles. The average molecular weight is 282 g/mol. The van der Waals surface area contributed by atoms with Gasteiger partial charge in [-0.25, -0.2) is 8.78 Å². The largest absolute Gasteiger partial charge is 0.322 e. The van der Waals surface area contributed by atoms with Gasteiger partial charge in [-0.15, -0.1) is 0 Å². The van der Waals surface area contributed by atoms with Gasteiger partial charge in [0, 0.05) is 6.07 Å². The summed E-state index contributed by atoms with van der Waals surface area (Å²) in [7, 11) is 0. The molecule has 0 radical (unpaired) electrons. The Hall–Kier alpha value is -1.49. The van der Waals surface area contributed by atoms with Crippen molar-refractivity contribution in [1.29, 1.82) is 0 Å². The summed E-state index contributed by atoms with van der Waals surface area (Å²) in [5, 5.41) is 2.53. The number of likely N-dealkylation sites (tertiary alicyclic amines) is 1. The van der Waals surface area contributed by atoms with Crippen molar-refractivity contribution in [2.24, 2.45) is 0 Å². The van der Waals surface area contributed by atoms with Crippen LogP contribution in [0.2, 0.25) is 0 Å². The molecule has 110 valence electrons. The minimum Gasteiger partial charge on any atom is -0.322 e. The highest BCUT2D eigenvalue weighted by atomic mass is 19.1. The molecule has 1 N–H and O–H groups in total. The van der Waals surface area contributed by atoms with Gasteiger partial charge < -0.3 is 5.32 Å². The molecule has 2 rings (SSSR count). The highest BCUT2D eigenvalue weighted by Gasteiger charge is 2.22. The SMILES string of the molecule is C[C@H](C(=O)Nc1ccc(F)cc1F)N1CCCCCC1. The van der Waals surface area contributed by atoms with Crippen LogP contribution in [0.5, 0.6) is 0 Å². The number of rotatable bonds is 3. The summed E-state index contributed by atoms with van der Waals surface area (Å²) in [6.45, 7) is 3.60. The van der Waals surface area contributed by atoms with Crippen LogP contribution in [0.1, 0.15) is 32.6 Å². The Morgan fingerprint density at radius 1 is 1.20 bits per heavy atom. The molecule has 0 spiro atoms. The van der Waals surface area contributed by atoms with Crippen molar-refractivity contribution in [2.45, 2.75) is 38.6 Å². The molecule has 0 unspecified atom stereocenters. The third-order valence-electron chi connectivity index (χ3n) is 3.76. The van der Waals surface area contributed by atoms with E-state index in [-0.39, 0.29) is 17.6 Å². The standard InChI is InChI=1S/C15H20F2N2O/c1-11(19-8-4-2-3-5-9-19)15(20)18-14-7-6-12(16)10-13(14)17/h6-7,10-11H,2-5,8-9H2,1H3,(H,18,20)/t11-/m1/s1. The first-order valence-electron chi connectivity index (χ1n) is 7.08. The molecule has 1 heterocycles. The molecule has 1 aromatic rings. The van der Waals surface area contributed by atoms with Gasteiger partial charge >= 0.3 is 0 Å². The predicted molar refractivity (Wildman–Crippen MR) is 74.5 cm³/mol. The predicted octanol–water partition coefficient (Wildman–Crippen LogP) is 3.17. The topological polar surface area (TPSA) is 32.3 Å². The first-order valence-corrected chi connectivity index (χ1v) is 7.08. The summed E-state index contributed by atoms with van der Waals surface area (Å²) in [5.41, 5.74) is 0.0260. The van der Waals surface area contributed by atoms with Gasteiger partial charge in [0.25, 0.3) is 0 Å². The van der Waals surface area contributed by atoms with E-state index in [1.165, 1.54) is 18.9 Å². The van der Waals surface area contributed by atoms with E-state index in [1.807, 2.05) is 6.92 Å². The number of anilines is 1. The fourth-order valence-electron chi connectivity index (χ4n) is 2.48. The molecule has 0 bridgehead atoms. The zero-order chi connectivity index (χ0) is 14.5. The number of nitrogens with one attached hydrogen (secondary N) is 1. The molecule has 0 aliphatic carbocycles. The van der Waals surface area contributed by atoms with Crippen LogP contribution >= 0.6 is 0 Å². The molecule has 20 heavy (non-hydrogen) atoms. The van der Waals surface area contributed by atoms with Crippen LogP contribution in [0.3, 0.4) is 0 Å². The lowest BCUT2D eigenvalue weighted by molar-refractivity contribution is -0.120. The second-order valence-electron chi connectivity index (χ2n) is 5.24. The van der Waals surface area contributed by atoms with Gasteiger partial charge in [-0.2, -0.15) is 0 Å². The second-order valence-corrected chi connectivity index (χ2v) is 5.24. The van der Waals surface area contributed by atoms with E-state index in [4.69, 9.17) is 0 Å². The summed E-state index contributed by atoms with van der Waals surface area (Å²) < 4.78 is 26.3. The van der Waals surface area contributed by atoms with Crippen LogP contribution in [0, 0.1) is 11.6 Å². The summed E-state index contributed by atoms with van der Waals surface area (Å²) >= 11 is 0. The second kappa shape index (κ2) is 6.79. The highest BCUT2D eigenvalue weighted by molar-refractivity contribution is 5.94. The zero-order valence-electron chi connectivity index (χ0n) is 11.7. The van der Waals surface area contributed by atoms with Gasteiger partial charge in [0.2, 0.25) is 5.91 Å². The molecule has 1 saturated heterocycles. The Morgan fingerprint density at radius 3 is 2.45 bits per heavy atom. The van der Waals surface area contributed by atoms with Crippen molar-refractivity contribution < 1.29 is 13.6 Å². The van der Waals surface area contributed by atoms with E-state index in [9.17, 15) is 13.6 Å². The molecule has 1 fully saturated rings. The smallest absolute Gasteiger partial charge is 0.241 e. The van der Waals surface area contributed by atoms with Crippen LogP contribution < -0.4 is 5.32 Å². The number of hydrogen-bond donors (Lipinski definition) is 1. The van der Waals surface area contributed by atoms with Gasteiger partial charge in [-0.1, -0.05) is 12.8 Å². The molecule has 3 nitrogen and oxygen atoms in total. The summed E-state index contributed by atoms with van der Waals surface area (Å²) in [6, 6.07) is 2.84.